The summed E-state index contributed by atoms with van der Waals surface area (Å²) in [4.78, 5) is 15.2. The zero-order chi connectivity index (χ0) is 15.5. The van der Waals surface area contributed by atoms with Gasteiger partial charge in [0.25, 0.3) is 0 Å². The van der Waals surface area contributed by atoms with E-state index in [0.717, 1.165) is 18.5 Å². The molecule has 1 aliphatic rings. The fourth-order valence-electron chi connectivity index (χ4n) is 2.35. The number of nitriles is 1. The second kappa shape index (κ2) is 6.40. The van der Waals surface area contributed by atoms with E-state index in [1.807, 2.05) is 49.4 Å². The number of thioether (sulfide) groups is 1. The number of rotatable bonds is 6. The monoisotopic (exact) mass is 303 g/mol. The van der Waals surface area contributed by atoms with Crippen LogP contribution in [0.5, 0.6) is 0 Å². The van der Waals surface area contributed by atoms with Crippen LogP contribution >= 0.6 is 11.8 Å². The summed E-state index contributed by atoms with van der Waals surface area (Å²) >= 11 is 1.69. The van der Waals surface area contributed by atoms with Gasteiger partial charge in [-0.3, -0.25) is 4.79 Å². The SMILES string of the molecule is CSc1ccc(N(C)CC(=O)NC(C)(C#N)C2CC2)cc1. The van der Waals surface area contributed by atoms with Crippen molar-refractivity contribution in [2.45, 2.75) is 30.2 Å². The lowest BCUT2D eigenvalue weighted by molar-refractivity contribution is -0.121. The first-order valence-electron chi connectivity index (χ1n) is 7.06. The largest absolute Gasteiger partial charge is 0.365 e. The first-order valence-corrected chi connectivity index (χ1v) is 8.28. The molecule has 1 aliphatic carbocycles. The van der Waals surface area contributed by atoms with E-state index in [2.05, 4.69) is 11.4 Å². The molecule has 0 spiro atoms. The second-order valence-electron chi connectivity index (χ2n) is 5.69. The summed E-state index contributed by atoms with van der Waals surface area (Å²) in [5, 5.41) is 12.2. The van der Waals surface area contributed by atoms with E-state index in [1.54, 1.807) is 11.8 Å². The number of likely N-dealkylation sites (N-methyl/N-ethyl adjacent to an activating group) is 1. The summed E-state index contributed by atoms with van der Waals surface area (Å²) in [6.45, 7) is 2.07. The summed E-state index contributed by atoms with van der Waals surface area (Å²) in [7, 11) is 1.88. The highest BCUT2D eigenvalue weighted by atomic mass is 32.2. The molecule has 1 N–H and O–H groups in total. The molecule has 1 amide bonds. The summed E-state index contributed by atoms with van der Waals surface area (Å²) in [6.07, 6.45) is 4.08. The van der Waals surface area contributed by atoms with Crippen LogP contribution in [0.15, 0.2) is 29.2 Å². The van der Waals surface area contributed by atoms with Gasteiger partial charge in [0, 0.05) is 17.6 Å². The zero-order valence-corrected chi connectivity index (χ0v) is 13.5. The van der Waals surface area contributed by atoms with Crippen LogP contribution in [0.4, 0.5) is 5.69 Å². The Balaban J connectivity index is 1.93. The van der Waals surface area contributed by atoms with E-state index in [-0.39, 0.29) is 12.5 Å². The molecular weight excluding hydrogens is 282 g/mol. The molecule has 0 bridgehead atoms. The first kappa shape index (κ1) is 15.7. The molecule has 2 rings (SSSR count). The van der Waals surface area contributed by atoms with E-state index >= 15 is 0 Å². The minimum absolute atomic E-state index is 0.109. The van der Waals surface area contributed by atoms with Gasteiger partial charge in [0.2, 0.25) is 5.91 Å². The molecule has 1 fully saturated rings. The molecule has 0 radical (unpaired) electrons. The highest BCUT2D eigenvalue weighted by Gasteiger charge is 2.43. The fraction of sp³-hybridized carbons (Fsp3) is 0.500. The molecule has 0 aliphatic heterocycles. The van der Waals surface area contributed by atoms with Gasteiger partial charge in [0.05, 0.1) is 12.6 Å². The number of nitrogens with zero attached hydrogens (tertiary/aromatic N) is 2. The Morgan fingerprint density at radius 2 is 2.10 bits per heavy atom. The third-order valence-electron chi connectivity index (χ3n) is 3.92. The van der Waals surface area contributed by atoms with Crippen LogP contribution in [0.2, 0.25) is 0 Å². The maximum absolute atomic E-state index is 12.1. The van der Waals surface area contributed by atoms with Gasteiger partial charge >= 0.3 is 0 Å². The average molecular weight is 303 g/mol. The third-order valence-corrected chi connectivity index (χ3v) is 4.66. The average Bonchev–Trinajstić information content (AvgIpc) is 3.32. The van der Waals surface area contributed by atoms with E-state index in [1.165, 1.54) is 4.90 Å². The Kier molecular flexibility index (Phi) is 4.79. The van der Waals surface area contributed by atoms with Gasteiger partial charge in [-0.25, -0.2) is 0 Å². The van der Waals surface area contributed by atoms with Crippen LogP contribution < -0.4 is 10.2 Å². The Bertz CT molecular complexity index is 548. The van der Waals surface area contributed by atoms with Crippen LogP contribution in [0.1, 0.15) is 19.8 Å². The summed E-state index contributed by atoms with van der Waals surface area (Å²) in [5.74, 6) is 0.194. The van der Waals surface area contributed by atoms with Gasteiger partial charge < -0.3 is 10.2 Å². The molecule has 0 saturated heterocycles. The Labute approximate surface area is 130 Å². The number of hydrogen-bond acceptors (Lipinski definition) is 4. The van der Waals surface area contributed by atoms with Crippen molar-refractivity contribution < 1.29 is 4.79 Å². The van der Waals surface area contributed by atoms with E-state index in [4.69, 9.17) is 0 Å². The topological polar surface area (TPSA) is 56.1 Å². The molecule has 0 heterocycles. The molecule has 1 aromatic carbocycles. The lowest BCUT2D eigenvalue weighted by atomic mass is 9.98. The lowest BCUT2D eigenvalue weighted by Crippen LogP contribution is -2.49. The molecule has 4 nitrogen and oxygen atoms in total. The van der Waals surface area contributed by atoms with Crippen LogP contribution in [0, 0.1) is 17.2 Å². The first-order chi connectivity index (χ1) is 9.98. The zero-order valence-electron chi connectivity index (χ0n) is 12.7. The number of carbonyl (C=O) groups excluding carboxylic acids is 1. The number of carbonyl (C=O) groups is 1. The normalized spacial score (nSPS) is 16.7. The van der Waals surface area contributed by atoms with Crippen LogP contribution in [-0.4, -0.2) is 31.3 Å². The van der Waals surface area contributed by atoms with Crippen molar-refractivity contribution in [3.8, 4) is 6.07 Å². The minimum atomic E-state index is -0.722. The summed E-state index contributed by atoms with van der Waals surface area (Å²) in [6, 6.07) is 10.3. The summed E-state index contributed by atoms with van der Waals surface area (Å²) < 4.78 is 0. The third kappa shape index (κ3) is 3.92. The quantitative estimate of drug-likeness (QED) is 0.821. The molecule has 112 valence electrons. The number of anilines is 1. The number of hydrogen-bond donors (Lipinski definition) is 1. The fourth-order valence-corrected chi connectivity index (χ4v) is 2.76. The Hall–Kier alpha value is -1.67. The van der Waals surface area contributed by atoms with Crippen molar-refractivity contribution >= 4 is 23.4 Å². The van der Waals surface area contributed by atoms with Gasteiger partial charge in [0.1, 0.15) is 5.54 Å². The molecule has 1 aromatic rings. The van der Waals surface area contributed by atoms with Crippen LogP contribution in [0.25, 0.3) is 0 Å². The highest BCUT2D eigenvalue weighted by molar-refractivity contribution is 7.98. The maximum Gasteiger partial charge on any atom is 0.240 e. The molecule has 1 saturated carbocycles. The molecule has 1 atom stereocenters. The van der Waals surface area contributed by atoms with Crippen molar-refractivity contribution in [3.05, 3.63) is 24.3 Å². The van der Waals surface area contributed by atoms with Gasteiger partial charge in [0.15, 0.2) is 0 Å². The Morgan fingerprint density at radius 3 is 2.57 bits per heavy atom. The van der Waals surface area contributed by atoms with Gasteiger partial charge in [-0.2, -0.15) is 5.26 Å². The molecular formula is C16H21N3OS. The number of amides is 1. The van der Waals surface area contributed by atoms with E-state index < -0.39 is 5.54 Å². The van der Waals surface area contributed by atoms with Crippen LogP contribution in [-0.2, 0) is 4.79 Å². The van der Waals surface area contributed by atoms with Crippen molar-refractivity contribution in [1.29, 1.82) is 5.26 Å². The lowest BCUT2D eigenvalue weighted by Gasteiger charge is -2.25. The second-order valence-corrected chi connectivity index (χ2v) is 6.57. The van der Waals surface area contributed by atoms with Crippen molar-refractivity contribution in [1.82, 2.24) is 5.32 Å². The molecule has 0 aromatic heterocycles. The smallest absolute Gasteiger partial charge is 0.240 e. The summed E-state index contributed by atoms with van der Waals surface area (Å²) in [5.41, 5.74) is 0.272. The van der Waals surface area contributed by atoms with Crippen molar-refractivity contribution in [2.75, 3.05) is 24.7 Å². The minimum Gasteiger partial charge on any atom is -0.365 e. The van der Waals surface area contributed by atoms with Gasteiger partial charge in [-0.15, -0.1) is 11.8 Å². The van der Waals surface area contributed by atoms with Crippen LogP contribution in [0.3, 0.4) is 0 Å². The number of benzene rings is 1. The molecule has 5 heteroatoms. The van der Waals surface area contributed by atoms with Crippen molar-refractivity contribution in [3.63, 3.8) is 0 Å². The van der Waals surface area contributed by atoms with Gasteiger partial charge in [-0.05, 0) is 56.2 Å². The van der Waals surface area contributed by atoms with E-state index in [0.29, 0.717) is 5.92 Å². The predicted molar refractivity (Wildman–Crippen MR) is 86.4 cm³/mol. The number of nitrogens with one attached hydrogen (secondary N) is 1. The van der Waals surface area contributed by atoms with Gasteiger partial charge in [-0.1, -0.05) is 0 Å². The Morgan fingerprint density at radius 1 is 1.48 bits per heavy atom. The molecule has 1 unspecified atom stereocenters. The predicted octanol–water partition coefficient (Wildman–Crippen LogP) is 2.65. The van der Waals surface area contributed by atoms with Crippen molar-refractivity contribution in [2.24, 2.45) is 5.92 Å². The standard InChI is InChI=1S/C16H21N3OS/c1-16(11-17,12-4-5-12)18-15(20)10-19(2)13-6-8-14(21-3)9-7-13/h6-9,12H,4-5,10H2,1-3H3,(H,18,20). The maximum atomic E-state index is 12.1. The molecule has 21 heavy (non-hydrogen) atoms. The van der Waals surface area contributed by atoms with E-state index in [9.17, 15) is 10.1 Å². The highest BCUT2D eigenvalue weighted by Crippen LogP contribution is 2.39.